The first-order valence-corrected chi connectivity index (χ1v) is 9.20. The smallest absolute Gasteiger partial charge is 0.231 e. The van der Waals surface area contributed by atoms with Crippen molar-refractivity contribution in [2.24, 2.45) is 0 Å². The van der Waals surface area contributed by atoms with Crippen LogP contribution in [0.4, 0.5) is 5.69 Å². The van der Waals surface area contributed by atoms with E-state index in [1.807, 2.05) is 80.7 Å². The first-order chi connectivity index (χ1) is 12.0. The van der Waals surface area contributed by atoms with Gasteiger partial charge < -0.3 is 5.32 Å². The Bertz CT molecular complexity index is 890. The van der Waals surface area contributed by atoms with Crippen LogP contribution in [0.3, 0.4) is 0 Å². The van der Waals surface area contributed by atoms with E-state index in [2.05, 4.69) is 32.9 Å². The van der Waals surface area contributed by atoms with Crippen LogP contribution in [0.1, 0.15) is 24.1 Å². The molecule has 3 nitrogen and oxygen atoms in total. The Morgan fingerprint density at radius 3 is 2.48 bits per heavy atom. The quantitative estimate of drug-likeness (QED) is 0.550. The molecular weight excluding hydrogens is 423 g/mol. The Kier molecular flexibility index (Phi) is 5.48. The van der Waals surface area contributed by atoms with Gasteiger partial charge in [-0.3, -0.25) is 9.78 Å². The van der Waals surface area contributed by atoms with Crippen LogP contribution in [0.2, 0.25) is 0 Å². The fourth-order valence-electron chi connectivity index (χ4n) is 2.65. The zero-order valence-electron chi connectivity index (χ0n) is 14.2. The number of amides is 1. The number of pyridine rings is 1. The molecule has 0 fully saturated rings. The van der Waals surface area contributed by atoms with E-state index in [4.69, 9.17) is 0 Å². The number of nitrogens with zero attached hydrogens (tertiary/aromatic N) is 1. The first-order valence-electron chi connectivity index (χ1n) is 8.12. The van der Waals surface area contributed by atoms with E-state index in [0.717, 1.165) is 31.6 Å². The van der Waals surface area contributed by atoms with Gasteiger partial charge in [-0.2, -0.15) is 0 Å². The van der Waals surface area contributed by atoms with Gasteiger partial charge in [-0.15, -0.1) is 0 Å². The third kappa shape index (κ3) is 4.45. The fraction of sp³-hybridized carbons (Fsp3) is 0.143. The molecule has 2 aromatic carbocycles. The van der Waals surface area contributed by atoms with Crippen LogP contribution >= 0.6 is 22.6 Å². The van der Waals surface area contributed by atoms with Gasteiger partial charge in [0.2, 0.25) is 5.91 Å². The Labute approximate surface area is 161 Å². The molecule has 1 N–H and O–H groups in total. The van der Waals surface area contributed by atoms with Crippen molar-refractivity contribution in [2.45, 2.75) is 19.8 Å². The number of carbonyl (C=O) groups excluding carboxylic acids is 1. The number of benzene rings is 2. The standard InChI is InChI=1S/C21H19IN2O/c1-14-12-18(10-11-23-14)16-6-8-20(9-7-16)24-21(25)15(2)17-4-3-5-19(22)13-17/h3-13,15H,1-2H3,(H,24,25). The number of rotatable bonds is 4. The summed E-state index contributed by atoms with van der Waals surface area (Å²) in [6, 6.07) is 20.0. The molecule has 1 aromatic heterocycles. The second-order valence-corrected chi connectivity index (χ2v) is 7.27. The molecule has 0 saturated carbocycles. The number of hydrogen-bond donors (Lipinski definition) is 1. The lowest BCUT2D eigenvalue weighted by Crippen LogP contribution is -2.18. The lowest BCUT2D eigenvalue weighted by molar-refractivity contribution is -0.117. The number of anilines is 1. The SMILES string of the molecule is Cc1cc(-c2ccc(NC(=O)C(C)c3cccc(I)c3)cc2)ccn1. The molecule has 1 atom stereocenters. The van der Waals surface area contributed by atoms with Crippen molar-refractivity contribution in [1.29, 1.82) is 0 Å². The number of aromatic nitrogens is 1. The minimum Gasteiger partial charge on any atom is -0.326 e. The molecule has 3 rings (SSSR count). The summed E-state index contributed by atoms with van der Waals surface area (Å²) in [5.41, 5.74) is 5.04. The van der Waals surface area contributed by atoms with Crippen molar-refractivity contribution in [3.05, 3.63) is 81.7 Å². The summed E-state index contributed by atoms with van der Waals surface area (Å²) in [5.74, 6) is -0.202. The van der Waals surface area contributed by atoms with Crippen molar-refractivity contribution >= 4 is 34.2 Å². The fourth-order valence-corrected chi connectivity index (χ4v) is 3.22. The van der Waals surface area contributed by atoms with E-state index >= 15 is 0 Å². The van der Waals surface area contributed by atoms with Crippen LogP contribution in [0, 0.1) is 10.5 Å². The first kappa shape index (κ1) is 17.6. The summed E-state index contributed by atoms with van der Waals surface area (Å²) in [6.45, 7) is 3.90. The van der Waals surface area contributed by atoms with Gasteiger partial charge in [0.15, 0.2) is 0 Å². The van der Waals surface area contributed by atoms with Gasteiger partial charge in [-0.25, -0.2) is 0 Å². The van der Waals surface area contributed by atoms with Gasteiger partial charge in [-0.05, 0) is 89.5 Å². The third-order valence-electron chi connectivity index (χ3n) is 4.12. The zero-order valence-corrected chi connectivity index (χ0v) is 16.3. The van der Waals surface area contributed by atoms with Gasteiger partial charge in [0.1, 0.15) is 0 Å². The molecule has 0 saturated heterocycles. The van der Waals surface area contributed by atoms with E-state index < -0.39 is 0 Å². The number of carbonyl (C=O) groups is 1. The predicted molar refractivity (Wildman–Crippen MR) is 111 cm³/mol. The van der Waals surface area contributed by atoms with E-state index in [-0.39, 0.29) is 11.8 Å². The minimum atomic E-state index is -0.197. The monoisotopic (exact) mass is 442 g/mol. The average molecular weight is 442 g/mol. The van der Waals surface area contributed by atoms with Crippen molar-refractivity contribution in [1.82, 2.24) is 4.98 Å². The Hall–Kier alpha value is -2.21. The molecule has 0 bridgehead atoms. The van der Waals surface area contributed by atoms with E-state index in [1.165, 1.54) is 0 Å². The van der Waals surface area contributed by atoms with E-state index in [0.29, 0.717) is 0 Å². The molecule has 0 aliphatic heterocycles. The molecule has 1 heterocycles. The minimum absolute atomic E-state index is 0.00509. The largest absolute Gasteiger partial charge is 0.326 e. The number of hydrogen-bond acceptors (Lipinski definition) is 2. The summed E-state index contributed by atoms with van der Waals surface area (Å²) >= 11 is 2.26. The molecule has 25 heavy (non-hydrogen) atoms. The highest BCUT2D eigenvalue weighted by atomic mass is 127. The maximum absolute atomic E-state index is 12.5. The molecule has 3 aromatic rings. The molecule has 1 unspecified atom stereocenters. The normalized spacial score (nSPS) is 11.8. The number of aryl methyl sites for hydroxylation is 1. The number of nitrogens with one attached hydrogen (secondary N) is 1. The van der Waals surface area contributed by atoms with Crippen molar-refractivity contribution in [3.63, 3.8) is 0 Å². The number of halogens is 1. The van der Waals surface area contributed by atoms with Crippen LogP contribution in [0.15, 0.2) is 66.9 Å². The molecule has 0 spiro atoms. The topological polar surface area (TPSA) is 42.0 Å². The van der Waals surface area contributed by atoms with Crippen molar-refractivity contribution in [3.8, 4) is 11.1 Å². The Balaban J connectivity index is 1.72. The van der Waals surface area contributed by atoms with Crippen molar-refractivity contribution in [2.75, 3.05) is 5.32 Å². The zero-order chi connectivity index (χ0) is 17.8. The predicted octanol–water partition coefficient (Wildman–Crippen LogP) is 5.40. The average Bonchev–Trinajstić information content (AvgIpc) is 2.61. The highest BCUT2D eigenvalue weighted by Crippen LogP contribution is 2.23. The molecule has 1 amide bonds. The lowest BCUT2D eigenvalue weighted by atomic mass is 10.0. The molecule has 4 heteroatoms. The van der Waals surface area contributed by atoms with Gasteiger partial charge in [0.05, 0.1) is 5.92 Å². The second-order valence-electron chi connectivity index (χ2n) is 6.03. The van der Waals surface area contributed by atoms with Gasteiger partial charge in [0.25, 0.3) is 0 Å². The summed E-state index contributed by atoms with van der Waals surface area (Å²) in [7, 11) is 0. The van der Waals surface area contributed by atoms with Gasteiger partial charge in [-0.1, -0.05) is 24.3 Å². The molecule has 0 aliphatic carbocycles. The maximum atomic E-state index is 12.5. The van der Waals surface area contributed by atoms with Crippen LogP contribution < -0.4 is 5.32 Å². The van der Waals surface area contributed by atoms with E-state index in [9.17, 15) is 4.79 Å². The molecule has 126 valence electrons. The van der Waals surface area contributed by atoms with Crippen molar-refractivity contribution < 1.29 is 4.79 Å². The van der Waals surface area contributed by atoms with E-state index in [1.54, 1.807) is 0 Å². The van der Waals surface area contributed by atoms with Crippen LogP contribution in [0.25, 0.3) is 11.1 Å². The van der Waals surface area contributed by atoms with Crippen LogP contribution in [0.5, 0.6) is 0 Å². The summed E-state index contributed by atoms with van der Waals surface area (Å²) in [4.78, 5) is 16.7. The summed E-state index contributed by atoms with van der Waals surface area (Å²) in [6.07, 6.45) is 1.81. The Morgan fingerprint density at radius 2 is 1.80 bits per heavy atom. The summed E-state index contributed by atoms with van der Waals surface area (Å²) in [5, 5.41) is 3.00. The molecule has 0 aliphatic rings. The summed E-state index contributed by atoms with van der Waals surface area (Å²) < 4.78 is 1.13. The van der Waals surface area contributed by atoms with Gasteiger partial charge in [0, 0.05) is 21.1 Å². The second kappa shape index (κ2) is 7.78. The van der Waals surface area contributed by atoms with Crippen LogP contribution in [-0.4, -0.2) is 10.9 Å². The highest BCUT2D eigenvalue weighted by molar-refractivity contribution is 14.1. The third-order valence-corrected chi connectivity index (χ3v) is 4.80. The highest BCUT2D eigenvalue weighted by Gasteiger charge is 2.15. The lowest BCUT2D eigenvalue weighted by Gasteiger charge is -2.13. The van der Waals surface area contributed by atoms with Gasteiger partial charge >= 0.3 is 0 Å². The maximum Gasteiger partial charge on any atom is 0.231 e. The Morgan fingerprint density at radius 1 is 1.04 bits per heavy atom. The van der Waals surface area contributed by atoms with Crippen LogP contribution in [-0.2, 0) is 4.79 Å². The molecular formula is C21H19IN2O. The molecule has 0 radical (unpaired) electrons.